The van der Waals surface area contributed by atoms with E-state index in [1.807, 2.05) is 17.0 Å². The van der Waals surface area contributed by atoms with Crippen LogP contribution in [-0.4, -0.2) is 18.3 Å². The van der Waals surface area contributed by atoms with Crippen molar-refractivity contribution in [3.8, 4) is 0 Å². The third kappa shape index (κ3) is 1.51. The minimum absolute atomic E-state index is 0.385. The molecule has 1 N–H and O–H groups in total. The fraction of sp³-hybridized carbons (Fsp3) is 0.250. The number of carbonyl (C=O) groups excluding carboxylic acids is 2. The molecule has 0 radical (unpaired) electrons. The van der Waals surface area contributed by atoms with E-state index in [9.17, 15) is 9.59 Å². The van der Waals surface area contributed by atoms with Gasteiger partial charge in [-0.2, -0.15) is 11.3 Å². The van der Waals surface area contributed by atoms with E-state index in [1.165, 1.54) is 23.1 Å². The highest BCUT2D eigenvalue weighted by Gasteiger charge is 2.35. The molecule has 1 saturated heterocycles. The number of alkyl carbamates (subject to hydrolysis) is 1. The van der Waals surface area contributed by atoms with Gasteiger partial charge in [0.15, 0.2) is 0 Å². The number of rotatable bonds is 2. The van der Waals surface area contributed by atoms with Crippen molar-refractivity contribution < 1.29 is 14.3 Å². The van der Waals surface area contributed by atoms with Crippen molar-refractivity contribution in [3.63, 3.8) is 0 Å². The highest BCUT2D eigenvalue weighted by Crippen LogP contribution is 2.33. The summed E-state index contributed by atoms with van der Waals surface area (Å²) in [6.45, 7) is 0. The molecule has 2 rings (SSSR count). The minimum Gasteiger partial charge on any atom is -0.431 e. The quantitative estimate of drug-likeness (QED) is 0.785. The van der Waals surface area contributed by atoms with Crippen LogP contribution in [0.2, 0.25) is 0 Å². The Balaban J connectivity index is 2.31. The molecule has 0 bridgehead atoms. The molecular formula is C8H7NO3S2. The number of thioether (sulfide) groups is 1. The van der Waals surface area contributed by atoms with Gasteiger partial charge in [-0.05, 0) is 11.6 Å². The standard InChI is InChI=1S/C8H7NO3S2/c1-13-5-3-14-2-4(5)6-7(10)9-8(11)12-6/h2-3,6H,1H3,(H,9,10,11). The first-order chi connectivity index (χ1) is 6.72. The topological polar surface area (TPSA) is 55.4 Å². The summed E-state index contributed by atoms with van der Waals surface area (Å²) < 4.78 is 4.85. The average Bonchev–Trinajstić information content (AvgIpc) is 2.71. The highest BCUT2D eigenvalue weighted by atomic mass is 32.2. The molecule has 0 aliphatic carbocycles. The minimum atomic E-state index is -0.767. The van der Waals surface area contributed by atoms with E-state index in [0.717, 1.165) is 10.5 Å². The van der Waals surface area contributed by atoms with Gasteiger partial charge in [-0.15, -0.1) is 11.8 Å². The molecule has 1 atom stereocenters. The van der Waals surface area contributed by atoms with Gasteiger partial charge in [0.2, 0.25) is 6.10 Å². The SMILES string of the molecule is CSc1cscc1C1OC(=O)NC1=O. The number of imide groups is 1. The first kappa shape index (κ1) is 9.54. The van der Waals surface area contributed by atoms with Crippen LogP contribution in [0.25, 0.3) is 0 Å². The third-order valence-corrected chi connectivity index (χ3v) is 3.55. The van der Waals surface area contributed by atoms with Crippen LogP contribution in [-0.2, 0) is 9.53 Å². The van der Waals surface area contributed by atoms with E-state index in [1.54, 1.807) is 0 Å². The van der Waals surface area contributed by atoms with E-state index in [0.29, 0.717) is 0 Å². The number of nitrogens with one attached hydrogen (secondary N) is 1. The molecule has 14 heavy (non-hydrogen) atoms. The van der Waals surface area contributed by atoms with Gasteiger partial charge in [-0.3, -0.25) is 10.1 Å². The average molecular weight is 229 g/mol. The summed E-state index contributed by atoms with van der Waals surface area (Å²) >= 11 is 3.02. The fourth-order valence-corrected chi connectivity index (χ4v) is 2.97. The number of hydrogen-bond donors (Lipinski definition) is 1. The Morgan fingerprint density at radius 3 is 2.86 bits per heavy atom. The van der Waals surface area contributed by atoms with Crippen LogP contribution >= 0.6 is 23.1 Å². The summed E-state index contributed by atoms with van der Waals surface area (Å²) in [4.78, 5) is 23.1. The predicted octanol–water partition coefficient (Wildman–Crippen LogP) is 1.78. The lowest BCUT2D eigenvalue weighted by atomic mass is 10.2. The van der Waals surface area contributed by atoms with E-state index in [4.69, 9.17) is 4.74 Å². The summed E-state index contributed by atoms with van der Waals surface area (Å²) in [5, 5.41) is 5.86. The maximum Gasteiger partial charge on any atom is 0.415 e. The molecule has 0 saturated carbocycles. The molecule has 1 unspecified atom stereocenters. The smallest absolute Gasteiger partial charge is 0.415 e. The number of amides is 2. The van der Waals surface area contributed by atoms with Gasteiger partial charge in [0.25, 0.3) is 5.91 Å². The van der Waals surface area contributed by atoms with Crippen molar-refractivity contribution in [1.29, 1.82) is 0 Å². The van der Waals surface area contributed by atoms with Gasteiger partial charge in [-0.1, -0.05) is 0 Å². The lowest BCUT2D eigenvalue weighted by Gasteiger charge is -2.05. The molecule has 1 aromatic rings. The van der Waals surface area contributed by atoms with Crippen molar-refractivity contribution >= 4 is 35.1 Å². The second-order valence-electron chi connectivity index (χ2n) is 2.67. The lowest BCUT2D eigenvalue weighted by molar-refractivity contribution is -0.123. The Morgan fingerprint density at radius 1 is 1.50 bits per heavy atom. The molecule has 2 amide bonds. The Kier molecular flexibility index (Phi) is 2.47. The summed E-state index contributed by atoms with van der Waals surface area (Å²) in [6.07, 6.45) is 0.481. The van der Waals surface area contributed by atoms with E-state index in [-0.39, 0.29) is 5.91 Å². The van der Waals surface area contributed by atoms with Crippen LogP contribution in [0.15, 0.2) is 15.7 Å². The van der Waals surface area contributed by atoms with Crippen LogP contribution in [0.1, 0.15) is 11.7 Å². The highest BCUT2D eigenvalue weighted by molar-refractivity contribution is 7.98. The van der Waals surface area contributed by atoms with E-state index < -0.39 is 12.2 Å². The molecule has 74 valence electrons. The van der Waals surface area contributed by atoms with Gasteiger partial charge >= 0.3 is 6.09 Å². The lowest BCUT2D eigenvalue weighted by Crippen LogP contribution is -2.20. The Bertz CT molecular complexity index is 388. The first-order valence-electron chi connectivity index (χ1n) is 3.84. The zero-order valence-electron chi connectivity index (χ0n) is 7.27. The van der Waals surface area contributed by atoms with Crippen molar-refractivity contribution in [2.75, 3.05) is 6.26 Å². The molecule has 6 heteroatoms. The molecule has 1 aromatic heterocycles. The second kappa shape index (κ2) is 3.62. The van der Waals surface area contributed by atoms with Gasteiger partial charge in [0, 0.05) is 15.8 Å². The number of cyclic esters (lactones) is 1. The van der Waals surface area contributed by atoms with Crippen LogP contribution in [0.5, 0.6) is 0 Å². The number of carbonyl (C=O) groups is 2. The van der Waals surface area contributed by atoms with Crippen LogP contribution < -0.4 is 5.32 Å². The van der Waals surface area contributed by atoms with Crippen molar-refractivity contribution in [2.45, 2.75) is 11.0 Å². The van der Waals surface area contributed by atoms with Gasteiger partial charge in [0.1, 0.15) is 0 Å². The van der Waals surface area contributed by atoms with Crippen molar-refractivity contribution in [1.82, 2.24) is 5.32 Å². The Labute approximate surface area is 88.6 Å². The zero-order chi connectivity index (χ0) is 10.1. The summed E-state index contributed by atoms with van der Waals surface area (Å²) in [7, 11) is 0. The van der Waals surface area contributed by atoms with Crippen LogP contribution in [0, 0.1) is 0 Å². The Hall–Kier alpha value is -1.01. The van der Waals surface area contributed by atoms with Gasteiger partial charge < -0.3 is 4.74 Å². The number of hydrogen-bond acceptors (Lipinski definition) is 5. The molecule has 4 nitrogen and oxygen atoms in total. The normalized spacial score (nSPS) is 20.8. The van der Waals surface area contributed by atoms with E-state index >= 15 is 0 Å². The monoisotopic (exact) mass is 229 g/mol. The van der Waals surface area contributed by atoms with Crippen molar-refractivity contribution in [2.24, 2.45) is 0 Å². The van der Waals surface area contributed by atoms with Gasteiger partial charge in [0.05, 0.1) is 0 Å². The molecule has 0 spiro atoms. The number of ether oxygens (including phenoxy) is 1. The molecule has 1 aliphatic heterocycles. The van der Waals surface area contributed by atoms with E-state index in [2.05, 4.69) is 5.32 Å². The Morgan fingerprint density at radius 2 is 2.29 bits per heavy atom. The maximum absolute atomic E-state index is 11.3. The number of thiophene rings is 1. The van der Waals surface area contributed by atoms with Crippen LogP contribution in [0.3, 0.4) is 0 Å². The predicted molar refractivity (Wildman–Crippen MR) is 53.5 cm³/mol. The molecule has 0 aromatic carbocycles. The zero-order valence-corrected chi connectivity index (χ0v) is 8.91. The molecule has 1 fully saturated rings. The third-order valence-electron chi connectivity index (χ3n) is 1.85. The summed E-state index contributed by atoms with van der Waals surface area (Å²) in [5.74, 6) is -0.385. The second-order valence-corrected chi connectivity index (χ2v) is 4.26. The molecule has 1 aliphatic rings. The summed E-state index contributed by atoms with van der Waals surface area (Å²) in [6, 6.07) is 0. The first-order valence-corrected chi connectivity index (χ1v) is 6.00. The fourth-order valence-electron chi connectivity index (χ4n) is 1.21. The molecule has 2 heterocycles. The van der Waals surface area contributed by atoms with Crippen molar-refractivity contribution in [3.05, 3.63) is 16.3 Å². The summed E-state index contributed by atoms with van der Waals surface area (Å²) in [5.41, 5.74) is 0.769. The largest absolute Gasteiger partial charge is 0.431 e. The van der Waals surface area contributed by atoms with Gasteiger partial charge in [-0.25, -0.2) is 4.79 Å². The molecular weight excluding hydrogens is 222 g/mol. The maximum atomic E-state index is 11.3. The van der Waals surface area contributed by atoms with Crippen LogP contribution in [0.4, 0.5) is 4.79 Å².